The van der Waals surface area contributed by atoms with Crippen LogP contribution >= 0.6 is 11.3 Å². The molecule has 18 heavy (non-hydrogen) atoms. The molecule has 94 valence electrons. The molecule has 0 aliphatic carbocycles. The van der Waals surface area contributed by atoms with Crippen molar-refractivity contribution in [2.75, 3.05) is 26.1 Å². The molecule has 1 aromatic carbocycles. The number of anilines is 1. The average molecular weight is 262 g/mol. The van der Waals surface area contributed by atoms with E-state index in [2.05, 4.69) is 4.98 Å². The van der Waals surface area contributed by atoms with E-state index in [-0.39, 0.29) is 0 Å². The van der Waals surface area contributed by atoms with Gasteiger partial charge in [-0.1, -0.05) is 23.5 Å². The molecule has 0 saturated heterocycles. The number of hydrogen-bond donors (Lipinski definition) is 0. The van der Waals surface area contributed by atoms with E-state index in [0.29, 0.717) is 10.6 Å². The van der Waals surface area contributed by atoms with E-state index in [0.717, 1.165) is 22.7 Å². The second kappa shape index (κ2) is 5.18. The molecule has 0 N–H and O–H groups in total. The van der Waals surface area contributed by atoms with Crippen LogP contribution < -0.4 is 9.64 Å². The zero-order valence-electron chi connectivity index (χ0n) is 10.5. The van der Waals surface area contributed by atoms with Gasteiger partial charge in [-0.25, -0.2) is 4.98 Å². The Bertz CT molecular complexity index is 564. The summed E-state index contributed by atoms with van der Waals surface area (Å²) in [6.45, 7) is 0. The number of hydrogen-bond acceptors (Lipinski definition) is 5. The summed E-state index contributed by atoms with van der Waals surface area (Å²) in [4.78, 5) is 18.1. The van der Waals surface area contributed by atoms with Gasteiger partial charge < -0.3 is 9.64 Å². The van der Waals surface area contributed by atoms with Crippen LogP contribution in [0, 0.1) is 0 Å². The molecule has 0 spiro atoms. The van der Waals surface area contributed by atoms with Gasteiger partial charge in [0.1, 0.15) is 5.75 Å². The van der Waals surface area contributed by atoms with Gasteiger partial charge >= 0.3 is 0 Å². The van der Waals surface area contributed by atoms with Gasteiger partial charge in [-0.05, 0) is 12.1 Å². The average Bonchev–Trinajstić information content (AvgIpc) is 2.82. The fraction of sp³-hybridized carbons (Fsp3) is 0.231. The van der Waals surface area contributed by atoms with Crippen molar-refractivity contribution in [2.45, 2.75) is 0 Å². The largest absolute Gasteiger partial charge is 0.496 e. The van der Waals surface area contributed by atoms with Crippen molar-refractivity contribution in [3.05, 3.63) is 29.1 Å². The predicted octanol–water partition coefficient (Wildman–Crippen LogP) is 2.70. The molecule has 5 heteroatoms. The Morgan fingerprint density at radius 2 is 2.06 bits per heavy atom. The van der Waals surface area contributed by atoms with Gasteiger partial charge in [0.2, 0.25) is 0 Å². The lowest BCUT2D eigenvalue weighted by Crippen LogP contribution is -2.07. The lowest BCUT2D eigenvalue weighted by Gasteiger charge is -2.07. The highest BCUT2D eigenvalue weighted by Crippen LogP contribution is 2.35. The maximum Gasteiger partial charge on any atom is 0.186 e. The molecule has 0 saturated carbocycles. The van der Waals surface area contributed by atoms with Gasteiger partial charge in [0.25, 0.3) is 0 Å². The number of thiazole rings is 1. The van der Waals surface area contributed by atoms with Crippen molar-refractivity contribution >= 4 is 22.8 Å². The molecule has 1 aromatic heterocycles. The zero-order valence-corrected chi connectivity index (χ0v) is 11.3. The Balaban J connectivity index is 2.59. The molecule has 0 amide bonds. The number of nitrogens with zero attached hydrogens (tertiary/aromatic N) is 2. The van der Waals surface area contributed by atoms with Crippen LogP contribution in [-0.4, -0.2) is 32.5 Å². The summed E-state index contributed by atoms with van der Waals surface area (Å²) in [5.74, 6) is 0.719. The summed E-state index contributed by atoms with van der Waals surface area (Å²) in [6.07, 6.45) is 0.840. The number of benzene rings is 1. The number of para-hydroxylation sites is 1. The lowest BCUT2D eigenvalue weighted by atomic mass is 10.1. The van der Waals surface area contributed by atoms with Gasteiger partial charge in [0.05, 0.1) is 17.7 Å². The Kier molecular flexibility index (Phi) is 3.62. The molecule has 0 atom stereocenters. The maximum absolute atomic E-state index is 11.1. The number of carbonyl (C=O) groups is 1. The molecule has 0 aliphatic rings. The van der Waals surface area contributed by atoms with E-state index in [4.69, 9.17) is 4.74 Å². The Hall–Kier alpha value is -1.88. The van der Waals surface area contributed by atoms with Crippen molar-refractivity contribution in [2.24, 2.45) is 0 Å². The number of carbonyl (C=O) groups excluding carboxylic acids is 1. The lowest BCUT2D eigenvalue weighted by molar-refractivity contribution is 0.112. The molecular weight excluding hydrogens is 248 g/mol. The molecule has 0 bridgehead atoms. The summed E-state index contributed by atoms with van der Waals surface area (Å²) in [5.41, 5.74) is 1.52. The first-order chi connectivity index (χ1) is 8.67. The smallest absolute Gasteiger partial charge is 0.186 e. The molecule has 0 radical (unpaired) electrons. The van der Waals surface area contributed by atoms with Crippen molar-refractivity contribution in [1.29, 1.82) is 0 Å². The molecule has 1 heterocycles. The second-order valence-corrected chi connectivity index (χ2v) is 4.93. The monoisotopic (exact) mass is 262 g/mol. The molecule has 0 aliphatic heterocycles. The molecule has 2 aromatic rings. The standard InChI is InChI=1S/C13H14N2O2S/c1-15(2)13-14-12(11(8-16)18-13)9-6-4-5-7-10(9)17-3/h4-8H,1-3H3. The van der Waals surface area contributed by atoms with Crippen LogP contribution in [0.1, 0.15) is 9.67 Å². The number of aldehydes is 1. The van der Waals surface area contributed by atoms with E-state index in [1.807, 2.05) is 43.3 Å². The number of rotatable bonds is 4. The maximum atomic E-state index is 11.1. The van der Waals surface area contributed by atoms with Crippen LogP contribution in [0.5, 0.6) is 5.75 Å². The summed E-state index contributed by atoms with van der Waals surface area (Å²) in [5, 5.41) is 0.804. The van der Waals surface area contributed by atoms with Crippen molar-refractivity contribution in [1.82, 2.24) is 4.98 Å². The Labute approximate surface area is 110 Å². The SMILES string of the molecule is COc1ccccc1-c1nc(N(C)C)sc1C=O. The first kappa shape index (κ1) is 12.6. The van der Waals surface area contributed by atoms with Crippen LogP contribution in [0.2, 0.25) is 0 Å². The molecule has 4 nitrogen and oxygen atoms in total. The number of ether oxygens (including phenoxy) is 1. The molecular formula is C13H14N2O2S. The Morgan fingerprint density at radius 1 is 1.33 bits per heavy atom. The van der Waals surface area contributed by atoms with Crippen molar-refractivity contribution in [3.8, 4) is 17.0 Å². The minimum atomic E-state index is 0.614. The van der Waals surface area contributed by atoms with Crippen molar-refractivity contribution in [3.63, 3.8) is 0 Å². The molecule has 0 unspecified atom stereocenters. The highest BCUT2D eigenvalue weighted by Gasteiger charge is 2.16. The fourth-order valence-corrected chi connectivity index (χ4v) is 2.44. The third-order valence-corrected chi connectivity index (χ3v) is 3.64. The summed E-state index contributed by atoms with van der Waals surface area (Å²) in [7, 11) is 5.41. The summed E-state index contributed by atoms with van der Waals surface area (Å²) < 4.78 is 5.30. The number of methoxy groups -OCH3 is 1. The number of aromatic nitrogens is 1. The first-order valence-corrected chi connectivity index (χ1v) is 6.25. The zero-order chi connectivity index (χ0) is 13.1. The summed E-state index contributed by atoms with van der Waals surface area (Å²) >= 11 is 1.37. The topological polar surface area (TPSA) is 42.4 Å². The van der Waals surface area contributed by atoms with Crippen LogP contribution in [0.15, 0.2) is 24.3 Å². The second-order valence-electron chi connectivity index (χ2n) is 3.92. The van der Waals surface area contributed by atoms with Crippen LogP contribution in [0.3, 0.4) is 0 Å². The first-order valence-electron chi connectivity index (χ1n) is 5.44. The minimum Gasteiger partial charge on any atom is -0.496 e. The molecule has 2 rings (SSSR count). The van der Waals surface area contributed by atoms with E-state index in [1.165, 1.54) is 11.3 Å². The van der Waals surface area contributed by atoms with E-state index < -0.39 is 0 Å². The van der Waals surface area contributed by atoms with Gasteiger partial charge in [0, 0.05) is 19.7 Å². The minimum absolute atomic E-state index is 0.614. The van der Waals surface area contributed by atoms with Gasteiger partial charge in [-0.15, -0.1) is 0 Å². The van der Waals surface area contributed by atoms with Gasteiger partial charge in [0.15, 0.2) is 11.4 Å². The third-order valence-electron chi connectivity index (χ3n) is 2.49. The molecule has 0 fully saturated rings. The van der Waals surface area contributed by atoms with Crippen LogP contribution in [0.4, 0.5) is 5.13 Å². The third kappa shape index (κ3) is 2.22. The highest BCUT2D eigenvalue weighted by molar-refractivity contribution is 7.17. The fourth-order valence-electron chi connectivity index (χ4n) is 1.62. The van der Waals surface area contributed by atoms with E-state index >= 15 is 0 Å². The van der Waals surface area contributed by atoms with Crippen LogP contribution in [-0.2, 0) is 0 Å². The highest BCUT2D eigenvalue weighted by atomic mass is 32.1. The Morgan fingerprint density at radius 3 is 2.67 bits per heavy atom. The summed E-state index contributed by atoms with van der Waals surface area (Å²) in [6, 6.07) is 7.56. The van der Waals surface area contributed by atoms with Gasteiger partial charge in [-0.2, -0.15) is 0 Å². The van der Waals surface area contributed by atoms with E-state index in [1.54, 1.807) is 7.11 Å². The predicted molar refractivity (Wildman–Crippen MR) is 73.8 cm³/mol. The van der Waals surface area contributed by atoms with E-state index in [9.17, 15) is 4.79 Å². The van der Waals surface area contributed by atoms with Crippen molar-refractivity contribution < 1.29 is 9.53 Å². The normalized spacial score (nSPS) is 10.2. The quantitative estimate of drug-likeness (QED) is 0.794. The van der Waals surface area contributed by atoms with Crippen LogP contribution in [0.25, 0.3) is 11.3 Å². The van der Waals surface area contributed by atoms with Gasteiger partial charge in [-0.3, -0.25) is 4.79 Å².